The van der Waals surface area contributed by atoms with Gasteiger partial charge in [-0.05, 0) is 31.4 Å². The van der Waals surface area contributed by atoms with Crippen molar-refractivity contribution in [1.29, 1.82) is 0 Å². The number of nitrogens with one attached hydrogen (secondary N) is 1. The van der Waals surface area contributed by atoms with Crippen LogP contribution in [0.2, 0.25) is 0 Å². The summed E-state index contributed by atoms with van der Waals surface area (Å²) in [5.74, 6) is -0.480. The average molecular weight is 266 g/mol. The first-order valence-corrected chi connectivity index (χ1v) is 6.50. The van der Waals surface area contributed by atoms with Gasteiger partial charge in [-0.25, -0.2) is 4.79 Å². The number of aromatic carboxylic acids is 1. The lowest BCUT2D eigenvalue weighted by molar-refractivity contribution is 0.0696. The number of hydrogen-bond acceptors (Lipinski definition) is 4. The smallest absolute Gasteiger partial charge is 0.335 e. The van der Waals surface area contributed by atoms with Crippen LogP contribution < -0.4 is 5.32 Å². The molecule has 0 spiro atoms. The Balaban J connectivity index is 2.73. The van der Waals surface area contributed by atoms with Crippen LogP contribution in [-0.2, 0) is 0 Å². The number of hydrogen-bond donors (Lipinski definition) is 3. The van der Waals surface area contributed by atoms with Crippen molar-refractivity contribution in [2.45, 2.75) is 39.3 Å². The summed E-state index contributed by atoms with van der Waals surface area (Å²) >= 11 is 0. The van der Waals surface area contributed by atoms with Crippen LogP contribution in [0.3, 0.4) is 0 Å². The van der Waals surface area contributed by atoms with E-state index in [1.54, 1.807) is 6.07 Å². The first-order valence-electron chi connectivity index (χ1n) is 6.50. The standard InChI is InChI=1S/C14H22N2O3/c1-9(2)6-12(8-17)16-10(3)13-7-11(14(18)19)4-5-15-13/h4-5,7,9-10,12,16-17H,6,8H2,1-3H3,(H,18,19)/t10?,12-/m1/s1. The van der Waals surface area contributed by atoms with E-state index in [0.29, 0.717) is 11.6 Å². The minimum absolute atomic E-state index is 0.00900. The average Bonchev–Trinajstić information content (AvgIpc) is 2.37. The van der Waals surface area contributed by atoms with Crippen LogP contribution in [0.5, 0.6) is 0 Å². The van der Waals surface area contributed by atoms with E-state index in [4.69, 9.17) is 5.11 Å². The maximum atomic E-state index is 10.9. The Bertz CT molecular complexity index is 421. The summed E-state index contributed by atoms with van der Waals surface area (Å²) in [6.07, 6.45) is 2.35. The maximum Gasteiger partial charge on any atom is 0.335 e. The second-order valence-electron chi connectivity index (χ2n) is 5.17. The fraction of sp³-hybridized carbons (Fsp3) is 0.571. The molecule has 1 heterocycles. The molecular weight excluding hydrogens is 244 g/mol. The summed E-state index contributed by atoms with van der Waals surface area (Å²) in [5, 5.41) is 21.6. The Morgan fingerprint density at radius 3 is 2.63 bits per heavy atom. The number of aliphatic hydroxyl groups is 1. The minimum atomic E-state index is -0.961. The van der Waals surface area contributed by atoms with E-state index >= 15 is 0 Å². The van der Waals surface area contributed by atoms with Crippen LogP contribution in [0, 0.1) is 5.92 Å². The molecule has 2 atom stereocenters. The number of carbonyl (C=O) groups is 1. The molecule has 1 rings (SSSR count). The van der Waals surface area contributed by atoms with Gasteiger partial charge in [-0.15, -0.1) is 0 Å². The van der Waals surface area contributed by atoms with Gasteiger partial charge in [0.1, 0.15) is 0 Å². The van der Waals surface area contributed by atoms with E-state index < -0.39 is 5.97 Å². The topological polar surface area (TPSA) is 82.5 Å². The molecule has 1 aromatic rings. The Morgan fingerprint density at radius 1 is 1.42 bits per heavy atom. The number of carboxylic acid groups (broad SMARTS) is 1. The minimum Gasteiger partial charge on any atom is -0.478 e. The number of rotatable bonds is 7. The van der Waals surface area contributed by atoms with Crippen molar-refractivity contribution in [3.8, 4) is 0 Å². The summed E-state index contributed by atoms with van der Waals surface area (Å²) in [7, 11) is 0. The second kappa shape index (κ2) is 7.21. The van der Waals surface area contributed by atoms with Crippen LogP contribution in [0.15, 0.2) is 18.3 Å². The first kappa shape index (κ1) is 15.6. The fourth-order valence-corrected chi connectivity index (χ4v) is 2.02. The lowest BCUT2D eigenvalue weighted by Gasteiger charge is -2.23. The molecule has 5 nitrogen and oxygen atoms in total. The zero-order valence-electron chi connectivity index (χ0n) is 11.6. The monoisotopic (exact) mass is 266 g/mol. The van der Waals surface area contributed by atoms with E-state index in [2.05, 4.69) is 24.1 Å². The Hall–Kier alpha value is -1.46. The molecule has 0 aromatic carbocycles. The van der Waals surface area contributed by atoms with Gasteiger partial charge in [0.15, 0.2) is 0 Å². The number of pyridine rings is 1. The van der Waals surface area contributed by atoms with Gasteiger partial charge in [0, 0.05) is 18.3 Å². The molecule has 0 aliphatic rings. The van der Waals surface area contributed by atoms with Gasteiger partial charge >= 0.3 is 5.97 Å². The summed E-state index contributed by atoms with van der Waals surface area (Å²) < 4.78 is 0. The molecule has 0 fully saturated rings. The van der Waals surface area contributed by atoms with Crippen LogP contribution >= 0.6 is 0 Å². The van der Waals surface area contributed by atoms with Crippen molar-refractivity contribution >= 4 is 5.97 Å². The quantitative estimate of drug-likeness (QED) is 0.701. The van der Waals surface area contributed by atoms with Gasteiger partial charge < -0.3 is 15.5 Å². The van der Waals surface area contributed by atoms with Crippen molar-refractivity contribution in [3.05, 3.63) is 29.6 Å². The lowest BCUT2D eigenvalue weighted by Crippen LogP contribution is -2.36. The third-order valence-electron chi connectivity index (χ3n) is 2.93. The molecule has 0 saturated carbocycles. The summed E-state index contributed by atoms with van der Waals surface area (Å²) in [6, 6.07) is 2.92. The third-order valence-corrected chi connectivity index (χ3v) is 2.93. The molecule has 106 valence electrons. The molecule has 0 aliphatic carbocycles. The Kier molecular flexibility index (Phi) is 5.92. The predicted octanol–water partition coefficient (Wildman–Crippen LogP) is 1.84. The molecule has 0 bridgehead atoms. The molecule has 1 aromatic heterocycles. The zero-order chi connectivity index (χ0) is 14.4. The highest BCUT2D eigenvalue weighted by Gasteiger charge is 2.16. The summed E-state index contributed by atoms with van der Waals surface area (Å²) in [6.45, 7) is 6.16. The predicted molar refractivity (Wildman–Crippen MR) is 73.1 cm³/mol. The second-order valence-corrected chi connectivity index (χ2v) is 5.17. The van der Waals surface area contributed by atoms with E-state index in [9.17, 15) is 9.90 Å². The molecule has 0 radical (unpaired) electrons. The van der Waals surface area contributed by atoms with Crippen LogP contribution in [0.1, 0.15) is 49.3 Å². The number of aromatic nitrogens is 1. The Labute approximate surface area is 113 Å². The number of carboxylic acids is 1. The Morgan fingerprint density at radius 2 is 2.11 bits per heavy atom. The largest absolute Gasteiger partial charge is 0.478 e. The molecule has 19 heavy (non-hydrogen) atoms. The van der Waals surface area contributed by atoms with Crippen molar-refractivity contribution in [2.24, 2.45) is 5.92 Å². The van der Waals surface area contributed by atoms with Gasteiger partial charge in [0.05, 0.1) is 17.9 Å². The maximum absolute atomic E-state index is 10.9. The van der Waals surface area contributed by atoms with Gasteiger partial charge in [0.2, 0.25) is 0 Å². The van der Waals surface area contributed by atoms with Crippen LogP contribution in [0.4, 0.5) is 0 Å². The number of nitrogens with zero attached hydrogens (tertiary/aromatic N) is 1. The van der Waals surface area contributed by atoms with Gasteiger partial charge in [-0.1, -0.05) is 13.8 Å². The molecule has 1 unspecified atom stereocenters. The molecule has 5 heteroatoms. The highest BCUT2D eigenvalue weighted by Crippen LogP contribution is 2.14. The van der Waals surface area contributed by atoms with Crippen molar-refractivity contribution in [1.82, 2.24) is 10.3 Å². The van der Waals surface area contributed by atoms with Crippen molar-refractivity contribution in [2.75, 3.05) is 6.61 Å². The molecule has 0 amide bonds. The highest BCUT2D eigenvalue weighted by molar-refractivity contribution is 5.87. The lowest BCUT2D eigenvalue weighted by atomic mass is 10.0. The molecule has 3 N–H and O–H groups in total. The zero-order valence-corrected chi connectivity index (χ0v) is 11.6. The van der Waals surface area contributed by atoms with E-state index in [0.717, 1.165) is 6.42 Å². The SMILES string of the molecule is CC(C)C[C@H](CO)NC(C)c1cc(C(=O)O)ccn1. The summed E-state index contributed by atoms with van der Waals surface area (Å²) in [5.41, 5.74) is 0.894. The van der Waals surface area contributed by atoms with E-state index in [-0.39, 0.29) is 24.3 Å². The molecular formula is C14H22N2O3. The van der Waals surface area contributed by atoms with Gasteiger partial charge in [-0.3, -0.25) is 4.98 Å². The van der Waals surface area contributed by atoms with Gasteiger partial charge in [0.25, 0.3) is 0 Å². The van der Waals surface area contributed by atoms with E-state index in [1.165, 1.54) is 12.3 Å². The van der Waals surface area contributed by atoms with E-state index in [1.807, 2.05) is 6.92 Å². The van der Waals surface area contributed by atoms with Crippen molar-refractivity contribution in [3.63, 3.8) is 0 Å². The molecule has 0 aliphatic heterocycles. The molecule has 0 saturated heterocycles. The van der Waals surface area contributed by atoms with Gasteiger partial charge in [-0.2, -0.15) is 0 Å². The first-order chi connectivity index (χ1) is 8.93. The summed E-state index contributed by atoms with van der Waals surface area (Å²) in [4.78, 5) is 15.1. The van der Waals surface area contributed by atoms with Crippen LogP contribution in [-0.4, -0.2) is 33.8 Å². The highest BCUT2D eigenvalue weighted by atomic mass is 16.4. The fourth-order valence-electron chi connectivity index (χ4n) is 2.02. The van der Waals surface area contributed by atoms with Crippen molar-refractivity contribution < 1.29 is 15.0 Å². The number of aliphatic hydroxyl groups excluding tert-OH is 1. The van der Waals surface area contributed by atoms with Crippen LogP contribution in [0.25, 0.3) is 0 Å². The third kappa shape index (κ3) is 4.96. The normalized spacial score (nSPS) is 14.4.